The van der Waals surface area contributed by atoms with Crippen LogP contribution >= 0.6 is 11.6 Å². The average Bonchev–Trinajstić information content (AvgIpc) is 3.41. The maximum Gasteiger partial charge on any atom is 0.137 e. The van der Waals surface area contributed by atoms with Gasteiger partial charge >= 0.3 is 0 Å². The van der Waals surface area contributed by atoms with Crippen LogP contribution in [0.5, 0.6) is 5.75 Å². The van der Waals surface area contributed by atoms with Crippen LogP contribution in [0.2, 0.25) is 5.02 Å². The van der Waals surface area contributed by atoms with Gasteiger partial charge in [0.25, 0.3) is 0 Å². The Bertz CT molecular complexity index is 1030. The second-order valence-corrected chi connectivity index (χ2v) is 8.17. The van der Waals surface area contributed by atoms with E-state index in [1.54, 1.807) is 13.3 Å². The number of methoxy groups -OCH3 is 1. The Hall–Kier alpha value is -2.57. The minimum atomic E-state index is 0.154. The zero-order valence-electron chi connectivity index (χ0n) is 17.3. The zero-order chi connectivity index (χ0) is 21.1. The Balaban J connectivity index is 1.52. The topological polar surface area (TPSA) is 85.5 Å². The van der Waals surface area contributed by atoms with Crippen molar-refractivity contribution < 1.29 is 9.47 Å². The van der Waals surface area contributed by atoms with Crippen LogP contribution in [0.25, 0.3) is 11.0 Å². The van der Waals surface area contributed by atoms with E-state index in [2.05, 4.69) is 22.0 Å². The van der Waals surface area contributed by atoms with Crippen LogP contribution in [0.4, 0.5) is 0 Å². The summed E-state index contributed by atoms with van der Waals surface area (Å²) in [5, 5.41) is 5.74. The van der Waals surface area contributed by atoms with Crippen LogP contribution in [-0.4, -0.2) is 28.9 Å². The van der Waals surface area contributed by atoms with Crippen molar-refractivity contribution in [3.63, 3.8) is 0 Å². The summed E-state index contributed by atoms with van der Waals surface area (Å²) >= 11 is 6.55. The predicted octanol–water partition coefficient (Wildman–Crippen LogP) is 4.91. The number of benzene rings is 1. The number of hydrazone groups is 1. The van der Waals surface area contributed by atoms with Gasteiger partial charge in [0.2, 0.25) is 0 Å². The Morgan fingerprint density at radius 2 is 2.07 bits per heavy atom. The van der Waals surface area contributed by atoms with E-state index >= 15 is 0 Å². The summed E-state index contributed by atoms with van der Waals surface area (Å²) in [5.41, 5.74) is 3.64. The van der Waals surface area contributed by atoms with Crippen molar-refractivity contribution in [2.24, 2.45) is 22.8 Å². The Labute approximate surface area is 181 Å². The predicted molar refractivity (Wildman–Crippen MR) is 120 cm³/mol. The first kappa shape index (κ1) is 20.7. The van der Waals surface area contributed by atoms with E-state index in [0.29, 0.717) is 17.5 Å². The number of nitrogens with one attached hydrogen (secondary N) is 1. The molecule has 7 heteroatoms. The van der Waals surface area contributed by atoms with Crippen molar-refractivity contribution in [1.82, 2.24) is 9.97 Å². The molecule has 0 spiro atoms. The third-order valence-electron chi connectivity index (χ3n) is 6.11. The number of aromatic nitrogens is 2. The molecule has 4 rings (SSSR count). The highest BCUT2D eigenvalue weighted by Crippen LogP contribution is 2.40. The maximum atomic E-state index is 6.55. The third kappa shape index (κ3) is 4.02. The van der Waals surface area contributed by atoms with Gasteiger partial charge < -0.3 is 20.3 Å². The molecule has 2 heterocycles. The number of nitrogens with zero attached hydrogens (tertiary/aromatic N) is 2. The summed E-state index contributed by atoms with van der Waals surface area (Å²) in [6, 6.07) is 9.96. The molecule has 1 fully saturated rings. The largest absolute Gasteiger partial charge is 0.497 e. The minimum absolute atomic E-state index is 0.154. The number of hydrogen-bond acceptors (Lipinski definition) is 5. The fourth-order valence-electron chi connectivity index (χ4n) is 4.52. The zero-order valence-corrected chi connectivity index (χ0v) is 18.0. The van der Waals surface area contributed by atoms with Gasteiger partial charge in [0.15, 0.2) is 0 Å². The molecule has 3 aromatic rings. The van der Waals surface area contributed by atoms with Crippen LogP contribution < -0.4 is 10.6 Å². The van der Waals surface area contributed by atoms with E-state index in [1.807, 2.05) is 36.5 Å². The number of fused-ring (bicyclic) bond motifs is 1. The Morgan fingerprint density at radius 3 is 2.77 bits per heavy atom. The van der Waals surface area contributed by atoms with Crippen molar-refractivity contribution in [2.45, 2.75) is 38.9 Å². The summed E-state index contributed by atoms with van der Waals surface area (Å²) in [7, 11) is 1.67. The highest BCUT2D eigenvalue weighted by Gasteiger charge is 2.38. The molecule has 3 unspecified atom stereocenters. The first-order valence-electron chi connectivity index (χ1n) is 10.3. The smallest absolute Gasteiger partial charge is 0.137 e. The maximum absolute atomic E-state index is 6.55. The SMILES string of the molecule is CCC1CC(OCc2ccc(OC)cc2)CC1C(=NN)c1c(Cl)cnc2[nH]ccc12. The normalized spacial score (nSPS) is 22.0. The Kier molecular flexibility index (Phi) is 6.25. The number of halogens is 1. The van der Waals surface area contributed by atoms with Crippen LogP contribution in [0.3, 0.4) is 0 Å². The van der Waals surface area contributed by atoms with Gasteiger partial charge in [0, 0.05) is 29.3 Å². The molecule has 1 aliphatic carbocycles. The molecule has 3 N–H and O–H groups in total. The van der Waals surface area contributed by atoms with Gasteiger partial charge in [0.05, 0.1) is 30.6 Å². The van der Waals surface area contributed by atoms with E-state index in [4.69, 9.17) is 26.9 Å². The van der Waals surface area contributed by atoms with E-state index in [1.165, 1.54) is 0 Å². The summed E-state index contributed by atoms with van der Waals surface area (Å²) in [6.45, 7) is 2.78. The molecule has 3 atom stereocenters. The summed E-state index contributed by atoms with van der Waals surface area (Å²) in [5.74, 6) is 7.39. The lowest BCUT2D eigenvalue weighted by Crippen LogP contribution is -2.22. The number of nitrogens with two attached hydrogens (primary N) is 1. The monoisotopic (exact) mass is 426 g/mol. The minimum Gasteiger partial charge on any atom is -0.497 e. The molecule has 0 aliphatic heterocycles. The highest BCUT2D eigenvalue weighted by atomic mass is 35.5. The molecule has 0 bridgehead atoms. The highest BCUT2D eigenvalue weighted by molar-refractivity contribution is 6.36. The molecule has 1 aliphatic rings. The van der Waals surface area contributed by atoms with Gasteiger partial charge in [-0.2, -0.15) is 5.10 Å². The number of rotatable bonds is 7. The van der Waals surface area contributed by atoms with E-state index in [-0.39, 0.29) is 12.0 Å². The number of pyridine rings is 1. The van der Waals surface area contributed by atoms with Gasteiger partial charge in [-0.05, 0) is 42.5 Å². The second-order valence-electron chi connectivity index (χ2n) is 7.76. The molecule has 1 saturated carbocycles. The molecule has 6 nitrogen and oxygen atoms in total. The number of ether oxygens (including phenoxy) is 2. The lowest BCUT2D eigenvalue weighted by molar-refractivity contribution is 0.0421. The van der Waals surface area contributed by atoms with Crippen LogP contribution in [-0.2, 0) is 11.3 Å². The van der Waals surface area contributed by atoms with Crippen LogP contribution in [0.1, 0.15) is 37.3 Å². The first-order chi connectivity index (χ1) is 14.6. The fraction of sp³-hybridized carbons (Fsp3) is 0.391. The molecule has 158 valence electrons. The van der Waals surface area contributed by atoms with Gasteiger partial charge in [-0.15, -0.1) is 0 Å². The van der Waals surface area contributed by atoms with Crippen molar-refractivity contribution in [3.8, 4) is 5.75 Å². The quantitative estimate of drug-likeness (QED) is 0.319. The van der Waals surface area contributed by atoms with Gasteiger partial charge in [0.1, 0.15) is 11.4 Å². The lowest BCUT2D eigenvalue weighted by Gasteiger charge is -2.20. The van der Waals surface area contributed by atoms with E-state index in [9.17, 15) is 0 Å². The first-order valence-corrected chi connectivity index (χ1v) is 10.7. The molecule has 0 radical (unpaired) electrons. The van der Waals surface area contributed by atoms with Gasteiger partial charge in [-0.25, -0.2) is 4.98 Å². The molecular weight excluding hydrogens is 400 g/mol. The summed E-state index contributed by atoms with van der Waals surface area (Å²) in [4.78, 5) is 7.50. The summed E-state index contributed by atoms with van der Waals surface area (Å²) < 4.78 is 11.5. The third-order valence-corrected chi connectivity index (χ3v) is 6.39. The van der Waals surface area contributed by atoms with Crippen molar-refractivity contribution in [2.75, 3.05) is 7.11 Å². The standard InChI is InChI=1S/C23H27ClN4O2/c1-3-15-10-17(30-13-14-4-6-16(29-2)7-5-14)11-19(15)22(28-25)21-18-8-9-26-23(18)27-12-20(21)24/h4-9,12,15,17,19H,3,10-11,13,25H2,1-2H3,(H,26,27). The molecule has 2 aromatic heterocycles. The van der Waals surface area contributed by atoms with Crippen molar-refractivity contribution >= 4 is 28.3 Å². The molecule has 0 amide bonds. The molecule has 0 saturated heterocycles. The second kappa shape index (κ2) is 9.06. The Morgan fingerprint density at radius 1 is 1.27 bits per heavy atom. The lowest BCUT2D eigenvalue weighted by atomic mass is 9.85. The number of hydrogen-bond donors (Lipinski definition) is 2. The van der Waals surface area contributed by atoms with Gasteiger partial charge in [-0.1, -0.05) is 37.1 Å². The van der Waals surface area contributed by atoms with E-state index in [0.717, 1.165) is 52.9 Å². The van der Waals surface area contributed by atoms with Crippen molar-refractivity contribution in [3.05, 3.63) is 58.9 Å². The number of H-pyrrole nitrogens is 1. The molecular formula is C23H27ClN4O2. The fourth-order valence-corrected chi connectivity index (χ4v) is 4.77. The number of aromatic amines is 1. The van der Waals surface area contributed by atoms with Crippen molar-refractivity contribution in [1.29, 1.82) is 0 Å². The van der Waals surface area contributed by atoms with Crippen LogP contribution in [0.15, 0.2) is 47.8 Å². The summed E-state index contributed by atoms with van der Waals surface area (Å²) in [6.07, 6.45) is 6.56. The van der Waals surface area contributed by atoms with Gasteiger partial charge in [-0.3, -0.25) is 0 Å². The molecule has 1 aromatic carbocycles. The molecule has 30 heavy (non-hydrogen) atoms. The van der Waals surface area contributed by atoms with Crippen LogP contribution in [0, 0.1) is 11.8 Å². The van der Waals surface area contributed by atoms with E-state index < -0.39 is 0 Å². The average molecular weight is 427 g/mol.